The standard InChI is InChI=1S/C14H11N3O5S/c18-12(16-10-3-1-2-9(6-10)14(19)20)8-23-13-5-4-11(7-15-13)17(21)22/h1-7H,8H2,(H,16,18)(H,19,20)/p-1. The second-order valence-corrected chi connectivity index (χ2v) is 5.31. The molecule has 0 aliphatic rings. The number of hydrogen-bond acceptors (Lipinski definition) is 7. The first-order valence-corrected chi connectivity index (χ1v) is 7.29. The van der Waals surface area contributed by atoms with Crippen molar-refractivity contribution in [1.82, 2.24) is 4.98 Å². The first kappa shape index (κ1) is 16.4. The van der Waals surface area contributed by atoms with Crippen LogP contribution >= 0.6 is 11.8 Å². The summed E-state index contributed by atoms with van der Waals surface area (Å²) in [4.78, 5) is 36.4. The van der Waals surface area contributed by atoms with Crippen molar-refractivity contribution in [2.75, 3.05) is 11.1 Å². The normalized spacial score (nSPS) is 10.1. The van der Waals surface area contributed by atoms with Crippen molar-refractivity contribution in [1.29, 1.82) is 0 Å². The summed E-state index contributed by atoms with van der Waals surface area (Å²) in [6, 6.07) is 8.46. The molecule has 8 nitrogen and oxygen atoms in total. The number of carboxylic acid groups (broad SMARTS) is 1. The smallest absolute Gasteiger partial charge is 0.287 e. The van der Waals surface area contributed by atoms with Gasteiger partial charge in [-0.25, -0.2) is 4.98 Å². The minimum atomic E-state index is -1.33. The summed E-state index contributed by atoms with van der Waals surface area (Å²) < 4.78 is 0. The Balaban J connectivity index is 1.91. The number of anilines is 1. The van der Waals surface area contributed by atoms with Crippen LogP contribution in [0.25, 0.3) is 0 Å². The lowest BCUT2D eigenvalue weighted by molar-refractivity contribution is -0.385. The average molecular weight is 332 g/mol. The number of aromatic carboxylic acids is 1. The Bertz CT molecular complexity index is 748. The maximum absolute atomic E-state index is 11.8. The number of nitro groups is 1. The molecule has 0 aliphatic heterocycles. The summed E-state index contributed by atoms with van der Waals surface area (Å²) in [5, 5.41) is 24.3. The van der Waals surface area contributed by atoms with E-state index in [1.807, 2.05) is 0 Å². The second-order valence-electron chi connectivity index (χ2n) is 4.32. The highest BCUT2D eigenvalue weighted by Gasteiger charge is 2.08. The van der Waals surface area contributed by atoms with E-state index in [1.54, 1.807) is 6.07 Å². The third kappa shape index (κ3) is 4.78. The zero-order valence-electron chi connectivity index (χ0n) is 11.6. The number of aromatic nitrogens is 1. The van der Waals surface area contributed by atoms with Crippen LogP contribution in [0, 0.1) is 10.1 Å². The van der Waals surface area contributed by atoms with Gasteiger partial charge in [0.1, 0.15) is 6.20 Å². The molecule has 1 amide bonds. The molecule has 23 heavy (non-hydrogen) atoms. The van der Waals surface area contributed by atoms with Gasteiger partial charge in [-0.1, -0.05) is 23.9 Å². The molecule has 0 radical (unpaired) electrons. The van der Waals surface area contributed by atoms with Crippen molar-refractivity contribution < 1.29 is 19.6 Å². The summed E-state index contributed by atoms with van der Waals surface area (Å²) in [5.41, 5.74) is 0.180. The van der Waals surface area contributed by atoms with E-state index in [0.717, 1.165) is 18.0 Å². The first-order chi connectivity index (χ1) is 11.0. The Kier molecular flexibility index (Phi) is 5.26. The predicted octanol–water partition coefficient (Wildman–Crippen LogP) is 1.08. The van der Waals surface area contributed by atoms with Gasteiger partial charge in [-0.3, -0.25) is 14.9 Å². The molecular formula is C14H10N3O5S-. The lowest BCUT2D eigenvalue weighted by Gasteiger charge is -2.07. The number of hydrogen-bond donors (Lipinski definition) is 1. The van der Waals surface area contributed by atoms with E-state index >= 15 is 0 Å². The molecule has 0 bridgehead atoms. The van der Waals surface area contributed by atoms with Gasteiger partial charge in [0.25, 0.3) is 5.69 Å². The number of nitrogens with one attached hydrogen (secondary N) is 1. The molecule has 0 unspecified atom stereocenters. The van der Waals surface area contributed by atoms with E-state index in [-0.39, 0.29) is 22.9 Å². The number of pyridine rings is 1. The quantitative estimate of drug-likeness (QED) is 0.476. The lowest BCUT2D eigenvalue weighted by Crippen LogP contribution is -2.22. The number of carbonyl (C=O) groups is 2. The molecule has 118 valence electrons. The summed E-state index contributed by atoms with van der Waals surface area (Å²) in [5.74, 6) is -1.66. The van der Waals surface area contributed by atoms with Crippen molar-refractivity contribution in [2.24, 2.45) is 0 Å². The molecule has 0 aliphatic carbocycles. The average Bonchev–Trinajstić information content (AvgIpc) is 2.53. The number of benzene rings is 1. The number of carboxylic acids is 1. The fraction of sp³-hybridized carbons (Fsp3) is 0.0714. The molecule has 0 atom stereocenters. The molecule has 1 aromatic carbocycles. The van der Waals surface area contributed by atoms with E-state index < -0.39 is 10.9 Å². The van der Waals surface area contributed by atoms with Gasteiger partial charge in [-0.15, -0.1) is 0 Å². The fourth-order valence-corrected chi connectivity index (χ4v) is 2.27. The Hall–Kier alpha value is -2.94. The van der Waals surface area contributed by atoms with Gasteiger partial charge in [0, 0.05) is 11.8 Å². The number of rotatable bonds is 6. The molecule has 0 fully saturated rings. The number of carbonyl (C=O) groups excluding carboxylic acids is 2. The maximum Gasteiger partial charge on any atom is 0.287 e. The van der Waals surface area contributed by atoms with Crippen LogP contribution in [0.15, 0.2) is 47.6 Å². The van der Waals surface area contributed by atoms with Crippen LogP contribution in [0.4, 0.5) is 11.4 Å². The number of nitrogens with zero attached hydrogens (tertiary/aromatic N) is 2. The number of amides is 1. The lowest BCUT2D eigenvalue weighted by atomic mass is 10.2. The molecule has 2 rings (SSSR count). The van der Waals surface area contributed by atoms with E-state index in [9.17, 15) is 24.8 Å². The van der Waals surface area contributed by atoms with Gasteiger partial charge in [0.2, 0.25) is 5.91 Å². The summed E-state index contributed by atoms with van der Waals surface area (Å²) >= 11 is 1.10. The van der Waals surface area contributed by atoms with Crippen LogP contribution in [0.1, 0.15) is 10.4 Å². The zero-order chi connectivity index (χ0) is 16.8. The molecule has 0 spiro atoms. The minimum Gasteiger partial charge on any atom is -0.545 e. The second kappa shape index (κ2) is 7.36. The van der Waals surface area contributed by atoms with Crippen LogP contribution in [0.2, 0.25) is 0 Å². The van der Waals surface area contributed by atoms with Gasteiger partial charge in [0.15, 0.2) is 0 Å². The topological polar surface area (TPSA) is 125 Å². The largest absolute Gasteiger partial charge is 0.545 e. The summed E-state index contributed by atoms with van der Waals surface area (Å²) in [7, 11) is 0. The van der Waals surface area contributed by atoms with Gasteiger partial charge in [-0.05, 0) is 23.8 Å². The molecule has 2 aromatic rings. The van der Waals surface area contributed by atoms with Gasteiger partial charge in [0.05, 0.1) is 21.7 Å². The highest BCUT2D eigenvalue weighted by Crippen LogP contribution is 2.18. The maximum atomic E-state index is 11.8. The number of thioether (sulfide) groups is 1. The Morgan fingerprint density at radius 2 is 2.04 bits per heavy atom. The molecule has 0 saturated heterocycles. The van der Waals surface area contributed by atoms with Crippen LogP contribution in [-0.2, 0) is 4.79 Å². The Morgan fingerprint density at radius 3 is 2.65 bits per heavy atom. The van der Waals surface area contributed by atoms with Crippen molar-refractivity contribution in [3.63, 3.8) is 0 Å². The third-order valence-electron chi connectivity index (χ3n) is 2.66. The van der Waals surface area contributed by atoms with Crippen molar-refractivity contribution in [3.8, 4) is 0 Å². The predicted molar refractivity (Wildman–Crippen MR) is 81.0 cm³/mol. The molecule has 9 heteroatoms. The van der Waals surface area contributed by atoms with Crippen LogP contribution in [0.5, 0.6) is 0 Å². The van der Waals surface area contributed by atoms with Crippen molar-refractivity contribution >= 4 is 35.0 Å². The van der Waals surface area contributed by atoms with Crippen molar-refractivity contribution in [2.45, 2.75) is 5.03 Å². The molecule has 1 heterocycles. The third-order valence-corrected chi connectivity index (χ3v) is 3.61. The summed E-state index contributed by atoms with van der Waals surface area (Å²) in [6.07, 6.45) is 1.11. The highest BCUT2D eigenvalue weighted by atomic mass is 32.2. The monoisotopic (exact) mass is 332 g/mol. The van der Waals surface area contributed by atoms with E-state index in [1.165, 1.54) is 30.3 Å². The zero-order valence-corrected chi connectivity index (χ0v) is 12.4. The molecule has 0 saturated carbocycles. The molecular weight excluding hydrogens is 322 g/mol. The molecule has 1 aromatic heterocycles. The highest BCUT2D eigenvalue weighted by molar-refractivity contribution is 7.99. The van der Waals surface area contributed by atoms with Crippen LogP contribution in [0.3, 0.4) is 0 Å². The van der Waals surface area contributed by atoms with Gasteiger partial charge in [-0.2, -0.15) is 0 Å². The van der Waals surface area contributed by atoms with E-state index in [0.29, 0.717) is 10.7 Å². The minimum absolute atomic E-state index is 0.0281. The van der Waals surface area contributed by atoms with Gasteiger partial charge < -0.3 is 15.2 Å². The molecule has 1 N–H and O–H groups in total. The van der Waals surface area contributed by atoms with Gasteiger partial charge >= 0.3 is 0 Å². The first-order valence-electron chi connectivity index (χ1n) is 6.30. The Labute approximate surface area is 134 Å². The van der Waals surface area contributed by atoms with E-state index in [4.69, 9.17) is 0 Å². The fourth-order valence-electron chi connectivity index (χ4n) is 1.63. The van der Waals surface area contributed by atoms with Crippen LogP contribution < -0.4 is 10.4 Å². The van der Waals surface area contributed by atoms with E-state index in [2.05, 4.69) is 10.3 Å². The summed E-state index contributed by atoms with van der Waals surface area (Å²) in [6.45, 7) is 0. The van der Waals surface area contributed by atoms with Crippen LogP contribution in [-0.4, -0.2) is 27.5 Å². The Morgan fingerprint density at radius 1 is 1.26 bits per heavy atom. The van der Waals surface area contributed by atoms with Crippen molar-refractivity contribution in [3.05, 3.63) is 58.3 Å². The SMILES string of the molecule is O=C(CSc1ccc([N+](=O)[O-])cn1)Nc1cccc(C(=O)[O-])c1.